The second-order valence-electron chi connectivity index (χ2n) is 6.45. The lowest BCUT2D eigenvalue weighted by molar-refractivity contribution is -0.118. The van der Waals surface area contributed by atoms with Gasteiger partial charge in [-0.25, -0.2) is 8.78 Å². The minimum atomic E-state index is -0.794. The van der Waals surface area contributed by atoms with Crippen LogP contribution in [0.15, 0.2) is 30.3 Å². The summed E-state index contributed by atoms with van der Waals surface area (Å²) in [5, 5.41) is 2.34. The number of carbonyl (C=O) groups excluding carboxylic acids is 1. The number of para-hydroxylation sites is 1. The summed E-state index contributed by atoms with van der Waals surface area (Å²) in [7, 11) is 3.17. The Morgan fingerprint density at radius 3 is 2.44 bits per heavy atom. The number of anilines is 1. The number of benzene rings is 2. The molecular weight excluding hydrogens is 354 g/mol. The van der Waals surface area contributed by atoms with Gasteiger partial charge in [0.15, 0.2) is 11.5 Å². The number of nitrogens with zero attached hydrogens (tertiary/aromatic N) is 1. The van der Waals surface area contributed by atoms with Crippen LogP contribution in [0.1, 0.15) is 24.1 Å². The molecule has 7 heteroatoms. The first-order valence-corrected chi connectivity index (χ1v) is 8.67. The second kappa shape index (κ2) is 7.92. The Kier molecular flexibility index (Phi) is 5.60. The van der Waals surface area contributed by atoms with Gasteiger partial charge >= 0.3 is 0 Å². The number of methoxy groups -OCH3 is 2. The van der Waals surface area contributed by atoms with Crippen LogP contribution in [0.2, 0.25) is 0 Å². The third kappa shape index (κ3) is 3.88. The zero-order valence-electron chi connectivity index (χ0n) is 15.5. The van der Waals surface area contributed by atoms with Crippen molar-refractivity contribution in [3.8, 4) is 11.5 Å². The third-order valence-corrected chi connectivity index (χ3v) is 4.89. The van der Waals surface area contributed by atoms with Crippen molar-refractivity contribution in [3.63, 3.8) is 0 Å². The Hall–Kier alpha value is -2.67. The molecule has 3 rings (SSSR count). The maximum atomic E-state index is 13.7. The van der Waals surface area contributed by atoms with Gasteiger partial charge < -0.3 is 14.8 Å². The summed E-state index contributed by atoms with van der Waals surface area (Å²) in [5.74, 6) is -0.753. The molecule has 2 aromatic rings. The molecule has 0 fully saturated rings. The molecule has 0 saturated heterocycles. The maximum absolute atomic E-state index is 13.7. The van der Waals surface area contributed by atoms with Crippen LogP contribution < -0.4 is 14.8 Å². The fourth-order valence-corrected chi connectivity index (χ4v) is 3.39. The molecule has 0 unspecified atom stereocenters. The summed E-state index contributed by atoms with van der Waals surface area (Å²) in [6.45, 7) is 2.67. The first-order valence-electron chi connectivity index (χ1n) is 8.67. The zero-order valence-corrected chi connectivity index (χ0v) is 15.5. The first kappa shape index (κ1) is 19.1. The maximum Gasteiger partial charge on any atom is 0.238 e. The average Bonchev–Trinajstić information content (AvgIpc) is 2.66. The van der Waals surface area contributed by atoms with E-state index in [-0.39, 0.29) is 12.6 Å². The van der Waals surface area contributed by atoms with E-state index in [4.69, 9.17) is 9.47 Å². The Bertz CT molecular complexity index is 837. The van der Waals surface area contributed by atoms with Crippen LogP contribution in [0.5, 0.6) is 11.5 Å². The molecule has 1 aliphatic heterocycles. The van der Waals surface area contributed by atoms with Crippen molar-refractivity contribution in [1.29, 1.82) is 0 Å². The van der Waals surface area contributed by atoms with E-state index in [1.54, 1.807) is 14.2 Å². The monoisotopic (exact) mass is 376 g/mol. The molecule has 0 saturated carbocycles. The van der Waals surface area contributed by atoms with E-state index in [1.165, 1.54) is 6.07 Å². The van der Waals surface area contributed by atoms with Crippen LogP contribution >= 0.6 is 0 Å². The van der Waals surface area contributed by atoms with Crippen LogP contribution in [-0.2, 0) is 11.2 Å². The summed E-state index contributed by atoms with van der Waals surface area (Å²) < 4.78 is 38.2. The van der Waals surface area contributed by atoms with Gasteiger partial charge in [0.05, 0.1) is 20.8 Å². The van der Waals surface area contributed by atoms with E-state index >= 15 is 0 Å². The third-order valence-electron chi connectivity index (χ3n) is 4.89. The number of hydrogen-bond acceptors (Lipinski definition) is 4. The van der Waals surface area contributed by atoms with Crippen molar-refractivity contribution in [2.45, 2.75) is 19.4 Å². The molecule has 27 heavy (non-hydrogen) atoms. The van der Waals surface area contributed by atoms with Gasteiger partial charge in [-0.2, -0.15) is 0 Å². The Morgan fingerprint density at radius 1 is 1.19 bits per heavy atom. The molecule has 1 heterocycles. The summed E-state index contributed by atoms with van der Waals surface area (Å²) in [6.07, 6.45) is 0.737. The number of ether oxygens (including phenoxy) is 2. The number of halogens is 2. The van der Waals surface area contributed by atoms with Crippen molar-refractivity contribution in [2.75, 3.05) is 32.6 Å². The highest BCUT2D eigenvalue weighted by Gasteiger charge is 2.27. The highest BCUT2D eigenvalue weighted by molar-refractivity contribution is 5.92. The molecule has 1 amide bonds. The standard InChI is InChI=1S/C20H22F2N2O3/c1-12-14-10-18(27-3)17(26-2)9-13(14)7-8-24(12)11-19(25)23-20-15(21)5-4-6-16(20)22/h4-6,9-10,12H,7-8,11H2,1-3H3,(H,23,25)/t12-/m0/s1. The van der Waals surface area contributed by atoms with Gasteiger partial charge in [0.1, 0.15) is 17.3 Å². The van der Waals surface area contributed by atoms with Crippen molar-refractivity contribution in [1.82, 2.24) is 4.90 Å². The van der Waals surface area contributed by atoms with E-state index < -0.39 is 23.2 Å². The smallest absolute Gasteiger partial charge is 0.238 e. The molecule has 1 atom stereocenters. The van der Waals surface area contributed by atoms with Crippen LogP contribution in [0, 0.1) is 11.6 Å². The predicted octanol–water partition coefficient (Wildman–Crippen LogP) is 3.54. The summed E-state index contributed by atoms with van der Waals surface area (Å²) in [5.41, 5.74) is 1.76. The number of rotatable bonds is 5. The molecule has 2 aromatic carbocycles. The molecule has 144 valence electrons. The molecule has 5 nitrogen and oxygen atoms in total. The van der Waals surface area contributed by atoms with E-state index in [0.717, 1.165) is 29.7 Å². The van der Waals surface area contributed by atoms with Gasteiger partial charge in [-0.15, -0.1) is 0 Å². The fourth-order valence-electron chi connectivity index (χ4n) is 3.39. The quantitative estimate of drug-likeness (QED) is 0.867. The Balaban J connectivity index is 1.75. The molecule has 1 aliphatic rings. The van der Waals surface area contributed by atoms with Gasteiger partial charge in [-0.05, 0) is 48.7 Å². The van der Waals surface area contributed by atoms with E-state index in [1.807, 2.05) is 24.0 Å². The van der Waals surface area contributed by atoms with Gasteiger partial charge in [0.25, 0.3) is 0 Å². The van der Waals surface area contributed by atoms with E-state index in [9.17, 15) is 13.6 Å². The van der Waals surface area contributed by atoms with Crippen LogP contribution in [0.25, 0.3) is 0 Å². The lowest BCUT2D eigenvalue weighted by Crippen LogP contribution is -2.39. The fraction of sp³-hybridized carbons (Fsp3) is 0.350. The summed E-state index contributed by atoms with van der Waals surface area (Å²) >= 11 is 0. The highest BCUT2D eigenvalue weighted by Crippen LogP contribution is 2.37. The van der Waals surface area contributed by atoms with Crippen molar-refractivity contribution >= 4 is 11.6 Å². The van der Waals surface area contributed by atoms with Crippen molar-refractivity contribution in [2.24, 2.45) is 0 Å². The second-order valence-corrected chi connectivity index (χ2v) is 6.45. The van der Waals surface area contributed by atoms with Gasteiger partial charge in [-0.3, -0.25) is 9.69 Å². The molecule has 0 bridgehead atoms. The van der Waals surface area contributed by atoms with Gasteiger partial charge in [-0.1, -0.05) is 6.07 Å². The highest BCUT2D eigenvalue weighted by atomic mass is 19.1. The number of carbonyl (C=O) groups is 1. The predicted molar refractivity (Wildman–Crippen MR) is 98.2 cm³/mol. The molecule has 0 aromatic heterocycles. The number of nitrogens with one attached hydrogen (secondary N) is 1. The lowest BCUT2D eigenvalue weighted by atomic mass is 9.93. The lowest BCUT2D eigenvalue weighted by Gasteiger charge is -2.35. The van der Waals surface area contributed by atoms with Gasteiger partial charge in [0, 0.05) is 12.6 Å². The van der Waals surface area contributed by atoms with Crippen LogP contribution in [0.4, 0.5) is 14.5 Å². The largest absolute Gasteiger partial charge is 0.493 e. The Labute approximate surface area is 156 Å². The van der Waals surface area contributed by atoms with E-state index in [2.05, 4.69) is 5.32 Å². The molecule has 1 N–H and O–H groups in total. The molecular formula is C20H22F2N2O3. The molecule has 0 radical (unpaired) electrons. The number of hydrogen-bond donors (Lipinski definition) is 1. The summed E-state index contributed by atoms with van der Waals surface area (Å²) in [6, 6.07) is 7.29. The molecule has 0 aliphatic carbocycles. The average molecular weight is 376 g/mol. The summed E-state index contributed by atoms with van der Waals surface area (Å²) in [4.78, 5) is 14.3. The van der Waals surface area contributed by atoms with E-state index in [0.29, 0.717) is 18.0 Å². The first-order chi connectivity index (χ1) is 12.9. The van der Waals surface area contributed by atoms with Gasteiger partial charge in [0.2, 0.25) is 5.91 Å². The minimum absolute atomic E-state index is 0.0305. The molecule has 0 spiro atoms. The van der Waals surface area contributed by atoms with Crippen molar-refractivity contribution in [3.05, 3.63) is 53.1 Å². The van der Waals surface area contributed by atoms with Crippen LogP contribution in [-0.4, -0.2) is 38.1 Å². The normalized spacial score (nSPS) is 16.6. The SMILES string of the molecule is COc1cc2c(cc1OC)[C@H](C)N(CC(=O)Nc1c(F)cccc1F)CC2. The topological polar surface area (TPSA) is 50.8 Å². The number of amides is 1. The number of fused-ring (bicyclic) bond motifs is 1. The Morgan fingerprint density at radius 2 is 1.81 bits per heavy atom. The van der Waals surface area contributed by atoms with Crippen molar-refractivity contribution < 1.29 is 23.0 Å². The zero-order chi connectivity index (χ0) is 19.6. The minimum Gasteiger partial charge on any atom is -0.493 e. The van der Waals surface area contributed by atoms with Crippen LogP contribution in [0.3, 0.4) is 0 Å².